The standard InChI is InChI=1S/C17H28N2O/c1-13(2)14-6-5-9-17(11-14,12-18)19-15-7-4-8-16(10-15)20-3/h4,7-8,10,13-14,19H,5-6,9,11-12,18H2,1-3H3. The SMILES string of the molecule is COc1cccc(NC2(CN)CCCC(C(C)C)C2)c1. The number of rotatable bonds is 5. The Hall–Kier alpha value is -1.22. The number of hydrogen-bond acceptors (Lipinski definition) is 3. The number of ether oxygens (including phenoxy) is 1. The minimum atomic E-state index is 0.0412. The zero-order valence-electron chi connectivity index (χ0n) is 13.0. The van der Waals surface area contributed by atoms with Crippen LogP contribution in [0, 0.1) is 11.8 Å². The third-order valence-corrected chi connectivity index (χ3v) is 4.70. The summed E-state index contributed by atoms with van der Waals surface area (Å²) in [7, 11) is 1.70. The molecule has 3 heteroatoms. The second-order valence-corrected chi connectivity index (χ2v) is 6.44. The fourth-order valence-corrected chi connectivity index (χ4v) is 3.33. The van der Waals surface area contributed by atoms with E-state index >= 15 is 0 Å². The molecule has 1 aliphatic carbocycles. The fraction of sp³-hybridized carbons (Fsp3) is 0.647. The summed E-state index contributed by atoms with van der Waals surface area (Å²) in [6.45, 7) is 5.33. The van der Waals surface area contributed by atoms with E-state index in [1.54, 1.807) is 7.11 Å². The first-order valence-corrected chi connectivity index (χ1v) is 7.71. The van der Waals surface area contributed by atoms with Crippen LogP contribution in [0.2, 0.25) is 0 Å². The van der Waals surface area contributed by atoms with Crippen molar-refractivity contribution in [2.45, 2.75) is 45.1 Å². The first-order chi connectivity index (χ1) is 9.58. The highest BCUT2D eigenvalue weighted by Gasteiger charge is 2.36. The monoisotopic (exact) mass is 276 g/mol. The van der Waals surface area contributed by atoms with Crippen LogP contribution in [0.1, 0.15) is 39.5 Å². The van der Waals surface area contributed by atoms with Gasteiger partial charge in [-0.3, -0.25) is 0 Å². The summed E-state index contributed by atoms with van der Waals surface area (Å²) < 4.78 is 5.30. The summed E-state index contributed by atoms with van der Waals surface area (Å²) in [6.07, 6.45) is 4.92. The maximum atomic E-state index is 6.13. The van der Waals surface area contributed by atoms with Crippen LogP contribution in [-0.4, -0.2) is 19.2 Å². The second-order valence-electron chi connectivity index (χ2n) is 6.44. The molecule has 1 saturated carbocycles. The van der Waals surface area contributed by atoms with Gasteiger partial charge in [0.05, 0.1) is 7.11 Å². The minimum Gasteiger partial charge on any atom is -0.497 e. The number of nitrogens with two attached hydrogens (primary N) is 1. The normalized spacial score (nSPS) is 26.6. The largest absolute Gasteiger partial charge is 0.497 e. The topological polar surface area (TPSA) is 47.3 Å². The molecule has 1 aromatic rings. The molecule has 0 radical (unpaired) electrons. The number of benzene rings is 1. The van der Waals surface area contributed by atoms with Gasteiger partial charge in [0.2, 0.25) is 0 Å². The van der Waals surface area contributed by atoms with E-state index in [4.69, 9.17) is 10.5 Å². The average Bonchev–Trinajstić information content (AvgIpc) is 2.47. The number of anilines is 1. The van der Waals surface area contributed by atoms with Crippen LogP contribution >= 0.6 is 0 Å². The fourth-order valence-electron chi connectivity index (χ4n) is 3.33. The molecule has 0 heterocycles. The Kier molecular flexibility index (Phi) is 4.92. The van der Waals surface area contributed by atoms with Gasteiger partial charge in [-0.1, -0.05) is 32.8 Å². The van der Waals surface area contributed by atoms with Crippen LogP contribution in [0.3, 0.4) is 0 Å². The molecule has 2 rings (SSSR count). The lowest BCUT2D eigenvalue weighted by Crippen LogP contribution is -2.49. The predicted molar refractivity (Wildman–Crippen MR) is 85.2 cm³/mol. The van der Waals surface area contributed by atoms with E-state index in [9.17, 15) is 0 Å². The first kappa shape index (κ1) is 15.2. The van der Waals surface area contributed by atoms with Crippen molar-refractivity contribution in [2.24, 2.45) is 17.6 Å². The van der Waals surface area contributed by atoms with Crippen LogP contribution in [-0.2, 0) is 0 Å². The first-order valence-electron chi connectivity index (χ1n) is 7.71. The highest BCUT2D eigenvalue weighted by Crippen LogP contribution is 2.38. The Morgan fingerprint density at radius 1 is 1.45 bits per heavy atom. The van der Waals surface area contributed by atoms with Crippen molar-refractivity contribution in [2.75, 3.05) is 19.0 Å². The van der Waals surface area contributed by atoms with Crippen LogP contribution in [0.15, 0.2) is 24.3 Å². The van der Waals surface area contributed by atoms with E-state index < -0.39 is 0 Å². The van der Waals surface area contributed by atoms with E-state index in [2.05, 4.69) is 31.3 Å². The second kappa shape index (κ2) is 6.49. The van der Waals surface area contributed by atoms with Gasteiger partial charge in [-0.2, -0.15) is 0 Å². The van der Waals surface area contributed by atoms with Crippen molar-refractivity contribution in [3.8, 4) is 5.75 Å². The zero-order valence-corrected chi connectivity index (χ0v) is 13.0. The molecule has 0 aromatic heterocycles. The lowest BCUT2D eigenvalue weighted by atomic mass is 9.71. The van der Waals surface area contributed by atoms with E-state index in [1.807, 2.05) is 12.1 Å². The minimum absolute atomic E-state index is 0.0412. The van der Waals surface area contributed by atoms with E-state index in [1.165, 1.54) is 19.3 Å². The van der Waals surface area contributed by atoms with Crippen molar-refractivity contribution in [1.29, 1.82) is 0 Å². The molecule has 3 nitrogen and oxygen atoms in total. The molecule has 0 bridgehead atoms. The van der Waals surface area contributed by atoms with Crippen molar-refractivity contribution < 1.29 is 4.74 Å². The summed E-state index contributed by atoms with van der Waals surface area (Å²) in [5.41, 5.74) is 7.28. The lowest BCUT2D eigenvalue weighted by Gasteiger charge is -2.43. The molecule has 20 heavy (non-hydrogen) atoms. The van der Waals surface area contributed by atoms with Gasteiger partial charge in [0.25, 0.3) is 0 Å². The van der Waals surface area contributed by atoms with E-state index in [-0.39, 0.29) is 5.54 Å². The molecule has 0 spiro atoms. The molecule has 3 N–H and O–H groups in total. The molecule has 1 aromatic carbocycles. The van der Waals surface area contributed by atoms with Crippen LogP contribution < -0.4 is 15.8 Å². The van der Waals surface area contributed by atoms with Gasteiger partial charge < -0.3 is 15.8 Å². The third kappa shape index (κ3) is 3.45. The maximum Gasteiger partial charge on any atom is 0.120 e. The molecule has 0 saturated heterocycles. The summed E-state index contributed by atoms with van der Waals surface area (Å²) in [6, 6.07) is 8.14. The van der Waals surface area contributed by atoms with Gasteiger partial charge >= 0.3 is 0 Å². The maximum absolute atomic E-state index is 6.13. The summed E-state index contributed by atoms with van der Waals surface area (Å²) in [5.74, 6) is 2.39. The predicted octanol–water partition coefficient (Wildman–Crippen LogP) is 3.65. The Bertz CT molecular complexity index is 433. The molecule has 0 amide bonds. The van der Waals surface area contributed by atoms with Gasteiger partial charge in [-0.25, -0.2) is 0 Å². The van der Waals surface area contributed by atoms with E-state index in [0.717, 1.165) is 29.7 Å². The van der Waals surface area contributed by atoms with Gasteiger partial charge in [0.1, 0.15) is 5.75 Å². The van der Waals surface area contributed by atoms with Gasteiger partial charge in [0.15, 0.2) is 0 Å². The molecule has 1 aliphatic rings. The molecular formula is C17H28N2O. The zero-order chi connectivity index (χ0) is 14.6. The molecule has 2 atom stereocenters. The van der Waals surface area contributed by atoms with Crippen molar-refractivity contribution in [3.63, 3.8) is 0 Å². The van der Waals surface area contributed by atoms with Crippen molar-refractivity contribution in [1.82, 2.24) is 0 Å². The average molecular weight is 276 g/mol. The van der Waals surface area contributed by atoms with Crippen LogP contribution in [0.5, 0.6) is 5.75 Å². The summed E-state index contributed by atoms with van der Waals surface area (Å²) >= 11 is 0. The number of methoxy groups -OCH3 is 1. The van der Waals surface area contributed by atoms with Crippen molar-refractivity contribution >= 4 is 5.69 Å². The lowest BCUT2D eigenvalue weighted by molar-refractivity contribution is 0.203. The summed E-state index contributed by atoms with van der Waals surface area (Å²) in [4.78, 5) is 0. The third-order valence-electron chi connectivity index (χ3n) is 4.70. The Morgan fingerprint density at radius 2 is 2.25 bits per heavy atom. The van der Waals surface area contributed by atoms with Gasteiger partial charge in [-0.05, 0) is 36.8 Å². The molecule has 2 unspecified atom stereocenters. The Labute approximate surface area is 122 Å². The van der Waals surface area contributed by atoms with E-state index in [0.29, 0.717) is 6.54 Å². The Morgan fingerprint density at radius 3 is 2.90 bits per heavy atom. The molecular weight excluding hydrogens is 248 g/mol. The smallest absolute Gasteiger partial charge is 0.120 e. The number of hydrogen-bond donors (Lipinski definition) is 2. The van der Waals surface area contributed by atoms with Crippen molar-refractivity contribution in [3.05, 3.63) is 24.3 Å². The summed E-state index contributed by atoms with van der Waals surface area (Å²) in [5, 5.41) is 3.70. The highest BCUT2D eigenvalue weighted by molar-refractivity contribution is 5.50. The highest BCUT2D eigenvalue weighted by atomic mass is 16.5. The van der Waals surface area contributed by atoms with Gasteiger partial charge in [-0.15, -0.1) is 0 Å². The van der Waals surface area contributed by atoms with Gasteiger partial charge in [0, 0.05) is 23.8 Å². The quantitative estimate of drug-likeness (QED) is 0.863. The molecule has 112 valence electrons. The molecule has 0 aliphatic heterocycles. The van der Waals surface area contributed by atoms with Crippen LogP contribution in [0.4, 0.5) is 5.69 Å². The van der Waals surface area contributed by atoms with Crippen LogP contribution in [0.25, 0.3) is 0 Å². The molecule has 1 fully saturated rings. The Balaban J connectivity index is 2.14. The number of nitrogens with one attached hydrogen (secondary N) is 1.